The minimum absolute atomic E-state index is 0.441. The van der Waals surface area contributed by atoms with Crippen LogP contribution in [0.3, 0.4) is 0 Å². The molecule has 0 aliphatic rings. The van der Waals surface area contributed by atoms with Crippen LogP contribution in [0, 0.1) is 11.6 Å². The van der Waals surface area contributed by atoms with E-state index in [4.69, 9.17) is 8.85 Å². The molecule has 0 amide bonds. The van der Waals surface area contributed by atoms with Crippen molar-refractivity contribution < 1.29 is 17.6 Å². The molecule has 1 aromatic rings. The van der Waals surface area contributed by atoms with Crippen LogP contribution in [0.15, 0.2) is 18.2 Å². The molecular formula is C15H24F2O2Si. The van der Waals surface area contributed by atoms with Crippen molar-refractivity contribution in [3.63, 3.8) is 0 Å². The highest BCUT2D eigenvalue weighted by Gasteiger charge is 2.27. The van der Waals surface area contributed by atoms with Gasteiger partial charge in [0.05, 0.1) is 0 Å². The number of benzene rings is 1. The third-order valence-electron chi connectivity index (χ3n) is 3.71. The molecule has 5 heteroatoms. The van der Waals surface area contributed by atoms with Gasteiger partial charge in [0.15, 0.2) is 0 Å². The summed E-state index contributed by atoms with van der Waals surface area (Å²) in [5.41, 5.74) is 0.597. The number of halogens is 2. The molecule has 0 radical (unpaired) electrons. The lowest BCUT2D eigenvalue weighted by molar-refractivity contribution is 0.248. The molecule has 0 aromatic heterocycles. The van der Waals surface area contributed by atoms with Gasteiger partial charge in [0.1, 0.15) is 11.6 Å². The lowest BCUT2D eigenvalue weighted by atomic mass is 10.1. The van der Waals surface area contributed by atoms with E-state index in [9.17, 15) is 8.78 Å². The number of unbranched alkanes of at least 4 members (excludes halogenated alkanes) is 3. The lowest BCUT2D eigenvalue weighted by Gasteiger charge is -2.22. The van der Waals surface area contributed by atoms with Gasteiger partial charge in [0.2, 0.25) is 0 Å². The maximum absolute atomic E-state index is 13.4. The van der Waals surface area contributed by atoms with Crippen LogP contribution in [0.25, 0.3) is 0 Å². The number of rotatable bonds is 9. The predicted molar refractivity (Wildman–Crippen MR) is 79.0 cm³/mol. The quantitative estimate of drug-likeness (QED) is 0.496. The van der Waals surface area contributed by atoms with Crippen LogP contribution in [-0.4, -0.2) is 22.8 Å². The second-order valence-electron chi connectivity index (χ2n) is 5.19. The molecule has 0 aliphatic carbocycles. The van der Waals surface area contributed by atoms with E-state index in [1.54, 1.807) is 14.2 Å². The lowest BCUT2D eigenvalue weighted by Crippen LogP contribution is -2.35. The minimum atomic E-state index is -1.94. The fraction of sp³-hybridized carbons (Fsp3) is 0.600. The summed E-state index contributed by atoms with van der Waals surface area (Å²) >= 11 is 0. The Labute approximate surface area is 121 Å². The molecule has 0 N–H and O–H groups in total. The number of hydrogen-bond acceptors (Lipinski definition) is 2. The van der Waals surface area contributed by atoms with Gasteiger partial charge in [-0.25, -0.2) is 8.78 Å². The Morgan fingerprint density at radius 3 is 2.25 bits per heavy atom. The average Bonchev–Trinajstić information content (AvgIpc) is 2.44. The fourth-order valence-electron chi connectivity index (χ4n) is 2.13. The van der Waals surface area contributed by atoms with E-state index in [1.165, 1.54) is 12.1 Å². The molecular weight excluding hydrogens is 278 g/mol. The smallest absolute Gasteiger partial charge is 0.334 e. The van der Waals surface area contributed by atoms with Crippen LogP contribution >= 0.6 is 0 Å². The van der Waals surface area contributed by atoms with Gasteiger partial charge in [0.25, 0.3) is 0 Å². The number of aryl methyl sites for hydroxylation is 1. The summed E-state index contributed by atoms with van der Waals surface area (Å²) in [6.07, 6.45) is 4.76. The molecule has 0 spiro atoms. The molecule has 20 heavy (non-hydrogen) atoms. The standard InChI is InChI=1S/C15H24F2O2Si/c1-18-20(3,19-2)11-7-5-4-6-8-13-9-10-14(16)12-15(13)17/h9-10,12H,4-8,11H2,1-3H3. The van der Waals surface area contributed by atoms with Crippen molar-refractivity contribution in [2.24, 2.45) is 0 Å². The Morgan fingerprint density at radius 2 is 1.65 bits per heavy atom. The van der Waals surface area contributed by atoms with E-state index < -0.39 is 20.2 Å². The molecule has 0 atom stereocenters. The molecule has 0 bridgehead atoms. The third kappa shape index (κ3) is 5.69. The summed E-state index contributed by atoms with van der Waals surface area (Å²) in [5.74, 6) is -0.960. The van der Waals surface area contributed by atoms with Gasteiger partial charge in [-0.15, -0.1) is 0 Å². The van der Waals surface area contributed by atoms with E-state index in [1.807, 2.05) is 0 Å². The van der Waals surface area contributed by atoms with E-state index in [0.29, 0.717) is 12.0 Å². The van der Waals surface area contributed by atoms with Crippen LogP contribution in [0.4, 0.5) is 8.78 Å². The normalized spacial score (nSPS) is 11.8. The Morgan fingerprint density at radius 1 is 1.00 bits per heavy atom. The Balaban J connectivity index is 2.19. The maximum atomic E-state index is 13.4. The molecule has 2 nitrogen and oxygen atoms in total. The van der Waals surface area contributed by atoms with E-state index >= 15 is 0 Å². The molecule has 0 unspecified atom stereocenters. The molecule has 0 heterocycles. The minimum Gasteiger partial charge on any atom is -0.398 e. The highest BCUT2D eigenvalue weighted by molar-refractivity contribution is 6.65. The second kappa shape index (κ2) is 8.49. The van der Waals surface area contributed by atoms with Crippen molar-refractivity contribution in [1.82, 2.24) is 0 Å². The summed E-state index contributed by atoms with van der Waals surface area (Å²) in [6, 6.07) is 4.77. The summed E-state index contributed by atoms with van der Waals surface area (Å²) < 4.78 is 37.0. The van der Waals surface area contributed by atoms with Crippen LogP contribution in [0.5, 0.6) is 0 Å². The summed E-state index contributed by atoms with van der Waals surface area (Å²) in [7, 11) is 1.46. The average molecular weight is 302 g/mol. The SMILES string of the molecule is CO[Si](C)(CCCCCCc1ccc(F)cc1F)OC. The van der Waals surface area contributed by atoms with Gasteiger partial charge < -0.3 is 8.85 Å². The van der Waals surface area contributed by atoms with Crippen molar-refractivity contribution >= 4 is 8.56 Å². The Kier molecular flexibility index (Phi) is 7.33. The molecule has 0 fully saturated rings. The van der Waals surface area contributed by atoms with Gasteiger partial charge in [0, 0.05) is 20.3 Å². The fourth-order valence-corrected chi connectivity index (χ4v) is 3.59. The zero-order chi connectivity index (χ0) is 15.0. The Hall–Kier alpha value is -0.783. The molecule has 1 aromatic carbocycles. The molecule has 0 saturated carbocycles. The summed E-state index contributed by atoms with van der Waals surface area (Å²) in [5, 5.41) is 0. The summed E-state index contributed by atoms with van der Waals surface area (Å²) in [6.45, 7) is 2.06. The van der Waals surface area contributed by atoms with Crippen molar-refractivity contribution in [2.45, 2.75) is 44.7 Å². The van der Waals surface area contributed by atoms with Gasteiger partial charge >= 0.3 is 8.56 Å². The van der Waals surface area contributed by atoms with Crippen molar-refractivity contribution in [1.29, 1.82) is 0 Å². The first-order valence-electron chi connectivity index (χ1n) is 7.05. The monoisotopic (exact) mass is 302 g/mol. The first-order chi connectivity index (χ1) is 9.50. The predicted octanol–water partition coefficient (Wildman–Crippen LogP) is 4.43. The Bertz CT molecular complexity index is 409. The molecule has 0 aliphatic heterocycles. The van der Waals surface area contributed by atoms with Gasteiger partial charge in [-0.05, 0) is 37.1 Å². The molecule has 0 saturated heterocycles. The van der Waals surface area contributed by atoms with Gasteiger partial charge in [-0.2, -0.15) is 0 Å². The topological polar surface area (TPSA) is 18.5 Å². The van der Waals surface area contributed by atoms with Gasteiger partial charge in [-0.3, -0.25) is 0 Å². The van der Waals surface area contributed by atoms with Crippen LogP contribution in [0.1, 0.15) is 31.2 Å². The highest BCUT2D eigenvalue weighted by Crippen LogP contribution is 2.18. The molecule has 114 valence electrons. The number of hydrogen-bond donors (Lipinski definition) is 0. The van der Waals surface area contributed by atoms with Crippen LogP contribution in [-0.2, 0) is 15.3 Å². The maximum Gasteiger partial charge on any atom is 0.334 e. The van der Waals surface area contributed by atoms with Crippen molar-refractivity contribution in [2.75, 3.05) is 14.2 Å². The van der Waals surface area contributed by atoms with Crippen LogP contribution in [0.2, 0.25) is 12.6 Å². The zero-order valence-electron chi connectivity index (χ0n) is 12.5. The van der Waals surface area contributed by atoms with Crippen molar-refractivity contribution in [3.05, 3.63) is 35.4 Å². The van der Waals surface area contributed by atoms with Gasteiger partial charge in [-0.1, -0.05) is 25.3 Å². The summed E-state index contributed by atoms with van der Waals surface area (Å²) in [4.78, 5) is 0. The first-order valence-corrected chi connectivity index (χ1v) is 9.57. The van der Waals surface area contributed by atoms with E-state index in [-0.39, 0.29) is 0 Å². The van der Waals surface area contributed by atoms with E-state index in [0.717, 1.165) is 37.8 Å². The van der Waals surface area contributed by atoms with Crippen molar-refractivity contribution in [3.8, 4) is 0 Å². The second-order valence-corrected chi connectivity index (χ2v) is 8.78. The third-order valence-corrected chi connectivity index (χ3v) is 6.69. The van der Waals surface area contributed by atoms with Crippen LogP contribution < -0.4 is 0 Å². The zero-order valence-corrected chi connectivity index (χ0v) is 13.5. The largest absolute Gasteiger partial charge is 0.398 e. The highest BCUT2D eigenvalue weighted by atomic mass is 28.4. The molecule has 1 rings (SSSR count). The van der Waals surface area contributed by atoms with E-state index in [2.05, 4.69) is 6.55 Å². The first kappa shape index (κ1) is 17.3.